The third kappa shape index (κ3) is 2.88. The Morgan fingerprint density at radius 1 is 1.35 bits per heavy atom. The second-order valence-corrected chi connectivity index (χ2v) is 7.20. The van der Waals surface area contributed by atoms with E-state index in [-0.39, 0.29) is 23.5 Å². The lowest BCUT2D eigenvalue weighted by Gasteiger charge is -2.24. The quantitative estimate of drug-likeness (QED) is 0.833. The van der Waals surface area contributed by atoms with E-state index >= 15 is 0 Å². The van der Waals surface area contributed by atoms with Gasteiger partial charge in [0.15, 0.2) is 0 Å². The van der Waals surface area contributed by atoms with E-state index < -0.39 is 10.0 Å². The van der Waals surface area contributed by atoms with Gasteiger partial charge < -0.3 is 10.8 Å². The van der Waals surface area contributed by atoms with Crippen LogP contribution < -0.4 is 5.73 Å². The van der Waals surface area contributed by atoms with Crippen LogP contribution in [0.15, 0.2) is 29.2 Å². The molecule has 3 N–H and O–H groups in total. The predicted molar refractivity (Wildman–Crippen MR) is 77.7 cm³/mol. The molecule has 0 spiro atoms. The molecular weight excluding hydrogens is 276 g/mol. The Balaban J connectivity index is 2.26. The fourth-order valence-corrected chi connectivity index (χ4v) is 4.40. The molecule has 1 aliphatic rings. The van der Waals surface area contributed by atoms with E-state index in [9.17, 15) is 13.5 Å². The van der Waals surface area contributed by atoms with Crippen LogP contribution in [0, 0.1) is 5.92 Å². The van der Waals surface area contributed by atoms with Crippen molar-refractivity contribution in [3.8, 4) is 0 Å². The smallest absolute Gasteiger partial charge is 0.243 e. The van der Waals surface area contributed by atoms with Crippen LogP contribution in [0.2, 0.25) is 0 Å². The molecule has 0 radical (unpaired) electrons. The summed E-state index contributed by atoms with van der Waals surface area (Å²) in [6.07, 6.45) is 1.52. The summed E-state index contributed by atoms with van der Waals surface area (Å²) in [5.41, 5.74) is 6.51. The SMILES string of the molecule is CC1CCN(S(=O)(=O)c2ccc(CCN)cc2)C1CO. The third-order valence-electron chi connectivity index (χ3n) is 3.98. The Morgan fingerprint density at radius 3 is 2.55 bits per heavy atom. The van der Waals surface area contributed by atoms with E-state index in [1.165, 1.54) is 4.31 Å². The molecule has 2 rings (SSSR count). The first-order chi connectivity index (χ1) is 9.50. The Morgan fingerprint density at radius 2 is 2.00 bits per heavy atom. The normalized spacial score (nSPS) is 24.1. The molecule has 1 aromatic carbocycles. The summed E-state index contributed by atoms with van der Waals surface area (Å²) < 4.78 is 26.6. The van der Waals surface area contributed by atoms with Crippen molar-refractivity contribution in [1.29, 1.82) is 0 Å². The van der Waals surface area contributed by atoms with Gasteiger partial charge in [-0.25, -0.2) is 8.42 Å². The van der Waals surface area contributed by atoms with Crippen LogP contribution in [0.3, 0.4) is 0 Å². The summed E-state index contributed by atoms with van der Waals surface area (Å²) in [5, 5.41) is 9.41. The van der Waals surface area contributed by atoms with Crippen molar-refractivity contribution in [2.45, 2.75) is 30.7 Å². The first-order valence-electron chi connectivity index (χ1n) is 6.92. The first kappa shape index (κ1) is 15.4. The molecule has 0 aromatic heterocycles. The minimum atomic E-state index is -3.52. The van der Waals surface area contributed by atoms with Crippen LogP contribution in [0.4, 0.5) is 0 Å². The first-order valence-corrected chi connectivity index (χ1v) is 8.36. The summed E-state index contributed by atoms with van der Waals surface area (Å²) >= 11 is 0. The minimum Gasteiger partial charge on any atom is -0.395 e. The average Bonchev–Trinajstić information content (AvgIpc) is 2.81. The van der Waals surface area contributed by atoms with Gasteiger partial charge in [-0.15, -0.1) is 0 Å². The number of aliphatic hydroxyl groups is 1. The Labute approximate surface area is 120 Å². The highest BCUT2D eigenvalue weighted by Crippen LogP contribution is 2.29. The van der Waals surface area contributed by atoms with Crippen molar-refractivity contribution in [3.63, 3.8) is 0 Å². The molecule has 1 aliphatic heterocycles. The van der Waals surface area contributed by atoms with E-state index in [1.54, 1.807) is 24.3 Å². The number of aliphatic hydroxyl groups excluding tert-OH is 1. The van der Waals surface area contributed by atoms with Gasteiger partial charge in [0.1, 0.15) is 0 Å². The van der Waals surface area contributed by atoms with E-state index in [0.717, 1.165) is 18.4 Å². The maximum atomic E-state index is 12.6. The highest BCUT2D eigenvalue weighted by atomic mass is 32.2. The topological polar surface area (TPSA) is 83.6 Å². The lowest BCUT2D eigenvalue weighted by Crippen LogP contribution is -2.39. The van der Waals surface area contributed by atoms with Gasteiger partial charge >= 0.3 is 0 Å². The molecule has 1 aromatic rings. The van der Waals surface area contributed by atoms with Gasteiger partial charge in [-0.05, 0) is 43.0 Å². The summed E-state index contributed by atoms with van der Waals surface area (Å²) in [6.45, 7) is 2.86. The Hall–Kier alpha value is -0.950. The molecule has 6 heteroatoms. The van der Waals surface area contributed by atoms with Crippen molar-refractivity contribution in [3.05, 3.63) is 29.8 Å². The van der Waals surface area contributed by atoms with E-state index in [2.05, 4.69) is 0 Å². The van der Waals surface area contributed by atoms with Crippen molar-refractivity contribution >= 4 is 10.0 Å². The van der Waals surface area contributed by atoms with E-state index in [4.69, 9.17) is 5.73 Å². The van der Waals surface area contributed by atoms with Crippen LogP contribution in [0.1, 0.15) is 18.9 Å². The molecule has 20 heavy (non-hydrogen) atoms. The highest BCUT2D eigenvalue weighted by Gasteiger charge is 2.38. The Kier molecular flexibility index (Phi) is 4.80. The monoisotopic (exact) mass is 298 g/mol. The molecule has 5 nitrogen and oxygen atoms in total. The predicted octanol–water partition coefficient (Wildman–Crippen LogP) is 0.579. The van der Waals surface area contributed by atoms with E-state index in [0.29, 0.717) is 13.1 Å². The number of hydrogen-bond donors (Lipinski definition) is 2. The maximum Gasteiger partial charge on any atom is 0.243 e. The van der Waals surface area contributed by atoms with Crippen molar-refractivity contribution in [1.82, 2.24) is 4.31 Å². The summed E-state index contributed by atoms with van der Waals surface area (Å²) in [7, 11) is -3.52. The highest BCUT2D eigenvalue weighted by molar-refractivity contribution is 7.89. The van der Waals surface area contributed by atoms with Gasteiger partial charge in [0, 0.05) is 6.54 Å². The van der Waals surface area contributed by atoms with Crippen LogP contribution in [0.25, 0.3) is 0 Å². The van der Waals surface area contributed by atoms with Gasteiger partial charge in [0.25, 0.3) is 0 Å². The zero-order valence-electron chi connectivity index (χ0n) is 11.7. The third-order valence-corrected chi connectivity index (χ3v) is 5.92. The van der Waals surface area contributed by atoms with Crippen LogP contribution >= 0.6 is 0 Å². The van der Waals surface area contributed by atoms with Gasteiger partial charge in [-0.2, -0.15) is 4.31 Å². The molecular formula is C14H22N2O3S. The number of benzene rings is 1. The second kappa shape index (κ2) is 6.22. The number of rotatable bonds is 5. The standard InChI is InChI=1S/C14H22N2O3S/c1-11-7-9-16(14(11)10-17)20(18,19)13-4-2-12(3-5-13)6-8-15/h2-5,11,14,17H,6-10,15H2,1H3. The molecule has 2 atom stereocenters. The van der Waals surface area contributed by atoms with E-state index in [1.807, 2.05) is 6.92 Å². The summed E-state index contributed by atoms with van der Waals surface area (Å²) in [6, 6.07) is 6.53. The molecule has 0 aliphatic carbocycles. The molecule has 1 fully saturated rings. The van der Waals surface area contributed by atoms with Crippen LogP contribution in [0.5, 0.6) is 0 Å². The molecule has 0 saturated carbocycles. The number of nitrogens with zero attached hydrogens (tertiary/aromatic N) is 1. The Bertz CT molecular complexity index is 542. The second-order valence-electron chi connectivity index (χ2n) is 5.31. The van der Waals surface area contributed by atoms with Crippen molar-refractivity contribution < 1.29 is 13.5 Å². The number of hydrogen-bond acceptors (Lipinski definition) is 4. The van der Waals surface area contributed by atoms with Crippen molar-refractivity contribution in [2.75, 3.05) is 19.7 Å². The van der Waals surface area contributed by atoms with Crippen LogP contribution in [-0.4, -0.2) is 43.6 Å². The minimum absolute atomic E-state index is 0.133. The zero-order valence-corrected chi connectivity index (χ0v) is 12.5. The molecule has 0 bridgehead atoms. The van der Waals surface area contributed by atoms with Gasteiger partial charge in [-0.1, -0.05) is 19.1 Å². The summed E-state index contributed by atoms with van der Waals surface area (Å²) in [5.74, 6) is 0.186. The average molecular weight is 298 g/mol. The van der Waals surface area contributed by atoms with Gasteiger partial charge in [-0.3, -0.25) is 0 Å². The number of nitrogens with two attached hydrogens (primary N) is 1. The van der Waals surface area contributed by atoms with Crippen molar-refractivity contribution in [2.24, 2.45) is 11.7 Å². The molecule has 1 heterocycles. The number of sulfonamides is 1. The van der Waals surface area contributed by atoms with Gasteiger partial charge in [0.2, 0.25) is 10.0 Å². The molecule has 1 saturated heterocycles. The maximum absolute atomic E-state index is 12.6. The fraction of sp³-hybridized carbons (Fsp3) is 0.571. The lowest BCUT2D eigenvalue weighted by atomic mass is 10.0. The fourth-order valence-electron chi connectivity index (χ4n) is 2.67. The van der Waals surface area contributed by atoms with Gasteiger partial charge in [0.05, 0.1) is 17.5 Å². The zero-order chi connectivity index (χ0) is 14.8. The summed E-state index contributed by atoms with van der Waals surface area (Å²) in [4.78, 5) is 0.283. The molecule has 2 unspecified atom stereocenters. The largest absolute Gasteiger partial charge is 0.395 e. The lowest BCUT2D eigenvalue weighted by molar-refractivity contribution is 0.191. The molecule has 0 amide bonds. The van der Waals surface area contributed by atoms with Crippen LogP contribution in [-0.2, 0) is 16.4 Å². The molecule has 112 valence electrons.